The van der Waals surface area contributed by atoms with Crippen molar-refractivity contribution in [3.8, 4) is 0 Å². The molecule has 0 saturated carbocycles. The van der Waals surface area contributed by atoms with E-state index in [1.165, 1.54) is 5.01 Å². The van der Waals surface area contributed by atoms with Gasteiger partial charge in [0, 0.05) is 7.05 Å². The molecule has 0 radical (unpaired) electrons. The van der Waals surface area contributed by atoms with Crippen LogP contribution in [0.3, 0.4) is 0 Å². The number of hydrogen-bond acceptors (Lipinski definition) is 3. The van der Waals surface area contributed by atoms with Crippen LogP contribution in [0.5, 0.6) is 0 Å². The Morgan fingerprint density at radius 1 is 1.39 bits per heavy atom. The van der Waals surface area contributed by atoms with Crippen molar-refractivity contribution in [2.45, 2.75) is 40.2 Å². The highest BCUT2D eigenvalue weighted by Gasteiger charge is 2.28. The average Bonchev–Trinajstić information content (AvgIpc) is 2.23. The fourth-order valence-electron chi connectivity index (χ4n) is 1.29. The number of nitrogens with zero attached hydrogens (tertiary/aromatic N) is 1. The quantitative estimate of drug-likeness (QED) is 0.363. The van der Waals surface area contributed by atoms with E-state index in [0.29, 0.717) is 12.4 Å². The Labute approximate surface area is 115 Å². The topological polar surface area (TPSA) is 41.6 Å². The summed E-state index contributed by atoms with van der Waals surface area (Å²) in [6.07, 6.45) is 0. The summed E-state index contributed by atoms with van der Waals surface area (Å²) in [5.74, 6) is 0.0834. The number of ether oxygens (including phenoxy) is 1. The molecule has 18 heavy (non-hydrogen) atoms. The standard InChI is InChI=1S/C13H23ClN2O2/c1-9(2)8-18-10(3)11(14)12(17)16(15-7)13(4,5)6/h15H,1,8H2,2-7H3/b11-10-. The lowest BCUT2D eigenvalue weighted by atomic mass is 10.1. The van der Waals surface area contributed by atoms with Gasteiger partial charge in [-0.3, -0.25) is 9.80 Å². The highest BCUT2D eigenvalue weighted by atomic mass is 35.5. The lowest BCUT2D eigenvalue weighted by molar-refractivity contribution is -0.134. The maximum absolute atomic E-state index is 12.2. The molecule has 0 saturated heterocycles. The van der Waals surface area contributed by atoms with Gasteiger partial charge in [0.05, 0.1) is 5.54 Å². The van der Waals surface area contributed by atoms with E-state index >= 15 is 0 Å². The summed E-state index contributed by atoms with van der Waals surface area (Å²) >= 11 is 6.04. The Bertz CT molecular complexity index is 356. The molecular weight excluding hydrogens is 252 g/mol. The van der Waals surface area contributed by atoms with Gasteiger partial charge >= 0.3 is 0 Å². The summed E-state index contributed by atoms with van der Waals surface area (Å²) < 4.78 is 5.37. The first-order valence-electron chi connectivity index (χ1n) is 5.76. The third-order valence-corrected chi connectivity index (χ3v) is 2.56. The molecule has 5 heteroatoms. The minimum atomic E-state index is -0.374. The van der Waals surface area contributed by atoms with E-state index in [9.17, 15) is 4.79 Å². The Kier molecular flexibility index (Phi) is 6.43. The van der Waals surface area contributed by atoms with Gasteiger partial charge in [-0.2, -0.15) is 0 Å². The first-order valence-corrected chi connectivity index (χ1v) is 6.14. The molecule has 0 aromatic rings. The van der Waals surface area contributed by atoms with E-state index < -0.39 is 0 Å². The molecule has 0 aliphatic rings. The van der Waals surface area contributed by atoms with Crippen molar-refractivity contribution in [2.75, 3.05) is 13.7 Å². The highest BCUT2D eigenvalue weighted by molar-refractivity contribution is 6.42. The van der Waals surface area contributed by atoms with Crippen LogP contribution in [0.2, 0.25) is 0 Å². The van der Waals surface area contributed by atoms with E-state index in [0.717, 1.165) is 5.57 Å². The van der Waals surface area contributed by atoms with Gasteiger partial charge in [0.15, 0.2) is 0 Å². The Hall–Kier alpha value is -1.00. The summed E-state index contributed by atoms with van der Waals surface area (Å²) in [6.45, 7) is 13.3. The van der Waals surface area contributed by atoms with E-state index in [1.807, 2.05) is 27.7 Å². The third-order valence-electron chi connectivity index (χ3n) is 2.13. The SMILES string of the molecule is C=C(C)CO/C(C)=C(\Cl)C(=O)N(NC)C(C)(C)C. The second-order valence-electron chi connectivity index (χ2n) is 5.15. The minimum Gasteiger partial charge on any atom is -0.492 e. The highest BCUT2D eigenvalue weighted by Crippen LogP contribution is 2.19. The molecule has 0 heterocycles. The molecule has 0 rings (SSSR count). The minimum absolute atomic E-state index is 0.0699. The number of carbonyl (C=O) groups excluding carboxylic acids is 1. The number of rotatable bonds is 5. The lowest BCUT2D eigenvalue weighted by Gasteiger charge is -2.34. The van der Waals surface area contributed by atoms with E-state index in [1.54, 1.807) is 14.0 Å². The zero-order chi connectivity index (χ0) is 14.5. The first-order chi connectivity index (χ1) is 8.11. The van der Waals surface area contributed by atoms with Crippen LogP contribution < -0.4 is 5.43 Å². The van der Waals surface area contributed by atoms with Crippen molar-refractivity contribution in [3.63, 3.8) is 0 Å². The molecule has 0 unspecified atom stereocenters. The van der Waals surface area contributed by atoms with Crippen LogP contribution in [0.15, 0.2) is 22.9 Å². The summed E-state index contributed by atoms with van der Waals surface area (Å²) in [4.78, 5) is 12.2. The monoisotopic (exact) mass is 274 g/mol. The average molecular weight is 275 g/mol. The van der Waals surface area contributed by atoms with E-state index in [4.69, 9.17) is 16.3 Å². The van der Waals surface area contributed by atoms with Crippen molar-refractivity contribution in [2.24, 2.45) is 0 Å². The van der Waals surface area contributed by atoms with Crippen molar-refractivity contribution >= 4 is 17.5 Å². The van der Waals surface area contributed by atoms with Gasteiger partial charge in [-0.25, -0.2) is 5.43 Å². The number of allylic oxidation sites excluding steroid dienone is 1. The van der Waals surface area contributed by atoms with Crippen LogP contribution in [0.4, 0.5) is 0 Å². The maximum atomic E-state index is 12.2. The zero-order valence-corrected chi connectivity index (χ0v) is 12.8. The Morgan fingerprint density at radius 2 is 1.89 bits per heavy atom. The first kappa shape index (κ1) is 17.0. The normalized spacial score (nSPS) is 12.8. The number of halogens is 1. The molecule has 4 nitrogen and oxygen atoms in total. The predicted molar refractivity (Wildman–Crippen MR) is 75.0 cm³/mol. The zero-order valence-electron chi connectivity index (χ0n) is 12.1. The lowest BCUT2D eigenvalue weighted by Crippen LogP contribution is -2.52. The van der Waals surface area contributed by atoms with Crippen LogP contribution in [0.25, 0.3) is 0 Å². The fraction of sp³-hybridized carbons (Fsp3) is 0.615. The largest absolute Gasteiger partial charge is 0.492 e. The maximum Gasteiger partial charge on any atom is 0.283 e. The number of hydrazine groups is 1. The summed E-state index contributed by atoms with van der Waals surface area (Å²) in [5, 5.41) is 1.53. The molecule has 0 aromatic carbocycles. The van der Waals surface area contributed by atoms with Crippen LogP contribution >= 0.6 is 11.6 Å². The van der Waals surface area contributed by atoms with Crippen LogP contribution in [-0.2, 0) is 9.53 Å². The van der Waals surface area contributed by atoms with E-state index in [2.05, 4.69) is 12.0 Å². The number of carbonyl (C=O) groups is 1. The summed E-state index contributed by atoms with van der Waals surface area (Å²) in [5.41, 5.74) is 3.33. The Morgan fingerprint density at radius 3 is 2.22 bits per heavy atom. The van der Waals surface area contributed by atoms with Crippen molar-refractivity contribution < 1.29 is 9.53 Å². The van der Waals surface area contributed by atoms with Gasteiger partial charge in [-0.05, 0) is 40.2 Å². The van der Waals surface area contributed by atoms with Gasteiger partial charge < -0.3 is 4.74 Å². The molecule has 0 aromatic heterocycles. The molecule has 0 spiro atoms. The van der Waals surface area contributed by atoms with Crippen LogP contribution in [0.1, 0.15) is 34.6 Å². The molecule has 0 aliphatic carbocycles. The van der Waals surface area contributed by atoms with Gasteiger partial charge in [0.1, 0.15) is 17.4 Å². The third kappa shape index (κ3) is 5.10. The number of nitrogens with one attached hydrogen (secondary N) is 1. The summed E-state index contributed by atoms with van der Waals surface area (Å²) in [6, 6.07) is 0. The van der Waals surface area contributed by atoms with Crippen molar-refractivity contribution in [3.05, 3.63) is 22.9 Å². The molecular formula is C13H23ClN2O2. The van der Waals surface area contributed by atoms with Crippen LogP contribution in [0, 0.1) is 0 Å². The molecule has 104 valence electrons. The van der Waals surface area contributed by atoms with Gasteiger partial charge in [0.25, 0.3) is 5.91 Å². The number of hydrogen-bond donors (Lipinski definition) is 1. The van der Waals surface area contributed by atoms with Crippen LogP contribution in [-0.4, -0.2) is 30.1 Å². The Balaban J connectivity index is 4.95. The van der Waals surface area contributed by atoms with Gasteiger partial charge in [-0.15, -0.1) is 0 Å². The molecule has 0 bridgehead atoms. The number of amides is 1. The second kappa shape index (κ2) is 6.81. The van der Waals surface area contributed by atoms with E-state index in [-0.39, 0.29) is 16.5 Å². The predicted octanol–water partition coefficient (Wildman–Crippen LogP) is 2.81. The fourth-order valence-corrected chi connectivity index (χ4v) is 1.42. The molecule has 0 aliphatic heterocycles. The molecule has 1 N–H and O–H groups in total. The molecule has 0 atom stereocenters. The second-order valence-corrected chi connectivity index (χ2v) is 5.53. The molecule has 0 fully saturated rings. The molecule has 1 amide bonds. The van der Waals surface area contributed by atoms with Crippen molar-refractivity contribution in [1.82, 2.24) is 10.4 Å². The summed E-state index contributed by atoms with van der Waals surface area (Å²) in [7, 11) is 1.68. The van der Waals surface area contributed by atoms with Gasteiger partial charge in [-0.1, -0.05) is 18.2 Å². The smallest absolute Gasteiger partial charge is 0.283 e. The van der Waals surface area contributed by atoms with Crippen molar-refractivity contribution in [1.29, 1.82) is 0 Å². The van der Waals surface area contributed by atoms with Gasteiger partial charge in [0.2, 0.25) is 0 Å².